The number of amides is 1. The van der Waals surface area contributed by atoms with Gasteiger partial charge in [0, 0.05) is 25.7 Å². The topological polar surface area (TPSA) is 84.9 Å². The Bertz CT molecular complexity index is 995. The molecule has 1 aliphatic rings. The number of nitrogens with one attached hydrogen (secondary N) is 1. The molecule has 30 heavy (non-hydrogen) atoms. The molecule has 7 nitrogen and oxygen atoms in total. The number of hydrogen-bond donors (Lipinski definition) is 1. The molecule has 0 saturated carbocycles. The molecule has 9 heteroatoms. The Morgan fingerprint density at radius 2 is 1.90 bits per heavy atom. The first-order valence-corrected chi connectivity index (χ1v) is 11.0. The van der Waals surface area contributed by atoms with Crippen LogP contribution in [0.3, 0.4) is 0 Å². The molecule has 0 bridgehead atoms. The smallest absolute Gasteiger partial charge is 0.246 e. The second kappa shape index (κ2) is 9.44. The molecule has 0 aromatic heterocycles. The van der Waals surface area contributed by atoms with Crippen LogP contribution in [0.2, 0.25) is 0 Å². The number of carbonyl (C=O) groups excluding carboxylic acids is 1. The second-order valence-electron chi connectivity index (χ2n) is 7.06. The Balaban J connectivity index is 1.71. The summed E-state index contributed by atoms with van der Waals surface area (Å²) in [5.74, 6) is -0.410. The van der Waals surface area contributed by atoms with Gasteiger partial charge in [-0.05, 0) is 42.7 Å². The number of rotatable bonds is 7. The van der Waals surface area contributed by atoms with E-state index < -0.39 is 15.9 Å². The Kier molecular flexibility index (Phi) is 6.94. The van der Waals surface area contributed by atoms with Crippen LogP contribution in [0.5, 0.6) is 11.5 Å². The van der Waals surface area contributed by atoms with E-state index in [0.29, 0.717) is 25.1 Å². The maximum Gasteiger partial charge on any atom is 0.246 e. The fourth-order valence-electron chi connectivity index (χ4n) is 3.44. The molecular formula is C21H25FN2O5S. The van der Waals surface area contributed by atoms with Crippen molar-refractivity contribution in [1.82, 2.24) is 9.62 Å². The molecule has 2 aromatic rings. The number of benzene rings is 2. The highest BCUT2D eigenvalue weighted by Crippen LogP contribution is 2.32. The van der Waals surface area contributed by atoms with Gasteiger partial charge in [-0.15, -0.1) is 0 Å². The monoisotopic (exact) mass is 436 g/mol. The van der Waals surface area contributed by atoms with Crippen LogP contribution in [0.4, 0.5) is 4.39 Å². The normalized spacial score (nSPS) is 17.4. The minimum absolute atomic E-state index is 0.0109. The number of piperidine rings is 1. The lowest BCUT2D eigenvalue weighted by Crippen LogP contribution is -2.45. The van der Waals surface area contributed by atoms with E-state index in [-0.39, 0.29) is 35.5 Å². The second-order valence-corrected chi connectivity index (χ2v) is 8.97. The van der Waals surface area contributed by atoms with Gasteiger partial charge >= 0.3 is 0 Å². The molecule has 0 spiro atoms. The van der Waals surface area contributed by atoms with Crippen LogP contribution in [0.1, 0.15) is 18.4 Å². The maximum absolute atomic E-state index is 13.2. The van der Waals surface area contributed by atoms with Gasteiger partial charge in [0.1, 0.15) is 22.2 Å². The molecule has 0 aliphatic carbocycles. The molecule has 3 rings (SSSR count). The molecule has 162 valence electrons. The van der Waals surface area contributed by atoms with Gasteiger partial charge in [-0.2, -0.15) is 4.31 Å². The first-order valence-electron chi connectivity index (χ1n) is 9.59. The van der Waals surface area contributed by atoms with Crippen molar-refractivity contribution in [1.29, 1.82) is 0 Å². The molecule has 0 unspecified atom stereocenters. The van der Waals surface area contributed by atoms with Crippen molar-refractivity contribution in [3.05, 3.63) is 53.8 Å². The number of sulfonamides is 1. The van der Waals surface area contributed by atoms with E-state index in [1.54, 1.807) is 24.3 Å². The summed E-state index contributed by atoms with van der Waals surface area (Å²) in [5.41, 5.74) is 0.770. The molecule has 1 fully saturated rings. The van der Waals surface area contributed by atoms with E-state index in [4.69, 9.17) is 9.47 Å². The number of halogens is 1. The van der Waals surface area contributed by atoms with Gasteiger partial charge in [0.25, 0.3) is 0 Å². The van der Waals surface area contributed by atoms with Crippen molar-refractivity contribution in [2.24, 2.45) is 5.92 Å². The number of methoxy groups -OCH3 is 2. The van der Waals surface area contributed by atoms with E-state index in [1.807, 2.05) is 0 Å². The van der Waals surface area contributed by atoms with Crippen molar-refractivity contribution < 1.29 is 27.1 Å². The molecule has 2 aromatic carbocycles. The van der Waals surface area contributed by atoms with E-state index in [9.17, 15) is 17.6 Å². The number of carbonyl (C=O) groups is 1. The Morgan fingerprint density at radius 3 is 2.57 bits per heavy atom. The molecule has 0 radical (unpaired) electrons. The third-order valence-electron chi connectivity index (χ3n) is 5.12. The average molecular weight is 437 g/mol. The first kappa shape index (κ1) is 22.0. The van der Waals surface area contributed by atoms with Crippen molar-refractivity contribution in [3.8, 4) is 11.5 Å². The maximum atomic E-state index is 13.2. The Morgan fingerprint density at radius 1 is 1.17 bits per heavy atom. The van der Waals surface area contributed by atoms with Crippen LogP contribution >= 0.6 is 0 Å². The van der Waals surface area contributed by atoms with Crippen LogP contribution in [0.15, 0.2) is 47.4 Å². The molecule has 1 heterocycles. The van der Waals surface area contributed by atoms with E-state index in [2.05, 4.69) is 5.32 Å². The summed E-state index contributed by atoms with van der Waals surface area (Å²) < 4.78 is 51.2. The summed E-state index contributed by atoms with van der Waals surface area (Å²) in [4.78, 5) is 12.6. The Hall–Kier alpha value is -2.65. The van der Waals surface area contributed by atoms with Gasteiger partial charge in [-0.3, -0.25) is 4.79 Å². The third kappa shape index (κ3) is 4.91. The van der Waals surface area contributed by atoms with Gasteiger partial charge in [-0.1, -0.05) is 12.1 Å². The highest BCUT2D eigenvalue weighted by atomic mass is 32.2. The zero-order valence-electron chi connectivity index (χ0n) is 16.9. The van der Waals surface area contributed by atoms with Gasteiger partial charge in [-0.25, -0.2) is 12.8 Å². The van der Waals surface area contributed by atoms with Gasteiger partial charge in [0.15, 0.2) is 0 Å². The van der Waals surface area contributed by atoms with Crippen LogP contribution < -0.4 is 14.8 Å². The summed E-state index contributed by atoms with van der Waals surface area (Å²) in [6.07, 6.45) is 1.16. The average Bonchev–Trinajstić information content (AvgIpc) is 2.78. The summed E-state index contributed by atoms with van der Waals surface area (Å²) in [5, 5.41) is 2.81. The number of nitrogens with zero attached hydrogens (tertiary/aromatic N) is 1. The fraction of sp³-hybridized carbons (Fsp3) is 0.381. The largest absolute Gasteiger partial charge is 0.497 e. The van der Waals surface area contributed by atoms with Crippen LogP contribution in [0.25, 0.3) is 0 Å². The minimum atomic E-state index is -3.87. The van der Waals surface area contributed by atoms with Crippen LogP contribution in [0, 0.1) is 11.7 Å². The third-order valence-corrected chi connectivity index (χ3v) is 7.01. The lowest BCUT2D eigenvalue weighted by molar-refractivity contribution is -0.126. The fourth-order valence-corrected chi connectivity index (χ4v) is 5.13. The quantitative estimate of drug-likeness (QED) is 0.721. The molecule has 1 N–H and O–H groups in total. The molecular weight excluding hydrogens is 411 g/mol. The molecule has 1 aliphatic heterocycles. The van der Waals surface area contributed by atoms with E-state index in [1.165, 1.54) is 36.7 Å². The number of hydrogen-bond acceptors (Lipinski definition) is 5. The van der Waals surface area contributed by atoms with Crippen molar-refractivity contribution in [3.63, 3.8) is 0 Å². The van der Waals surface area contributed by atoms with Crippen molar-refractivity contribution in [2.45, 2.75) is 24.3 Å². The highest BCUT2D eigenvalue weighted by Gasteiger charge is 2.35. The zero-order chi connectivity index (χ0) is 21.7. The molecule has 1 atom stereocenters. The predicted molar refractivity (Wildman–Crippen MR) is 109 cm³/mol. The highest BCUT2D eigenvalue weighted by molar-refractivity contribution is 7.89. The van der Waals surface area contributed by atoms with E-state index >= 15 is 0 Å². The minimum Gasteiger partial charge on any atom is -0.497 e. The van der Waals surface area contributed by atoms with E-state index in [0.717, 1.165) is 5.56 Å². The van der Waals surface area contributed by atoms with Crippen LogP contribution in [-0.4, -0.2) is 45.9 Å². The van der Waals surface area contributed by atoms with Gasteiger partial charge in [0.2, 0.25) is 15.9 Å². The standard InChI is InChI=1S/C21H25FN2O5S/c1-28-18-9-10-19(29-2)20(12-18)30(26,27)24-11-3-4-16(14-24)21(25)23-13-15-5-7-17(22)8-6-15/h5-10,12,16H,3-4,11,13-14H2,1-2H3,(H,23,25)/t16-/m1/s1. The summed E-state index contributed by atoms with van der Waals surface area (Å²) in [6, 6.07) is 10.5. The summed E-state index contributed by atoms with van der Waals surface area (Å²) >= 11 is 0. The molecule has 1 amide bonds. The predicted octanol–water partition coefficient (Wildman–Crippen LogP) is 2.56. The number of ether oxygens (including phenoxy) is 2. The first-order chi connectivity index (χ1) is 14.3. The SMILES string of the molecule is COc1ccc(OC)c(S(=O)(=O)N2CCC[C@@H](C(=O)NCc3ccc(F)cc3)C2)c1. The molecule has 1 saturated heterocycles. The van der Waals surface area contributed by atoms with Crippen LogP contribution in [-0.2, 0) is 21.4 Å². The Labute approximate surface area is 175 Å². The summed E-state index contributed by atoms with van der Waals surface area (Å²) in [6.45, 7) is 0.661. The van der Waals surface area contributed by atoms with Gasteiger partial charge in [0.05, 0.1) is 20.1 Å². The van der Waals surface area contributed by atoms with Crippen molar-refractivity contribution in [2.75, 3.05) is 27.3 Å². The van der Waals surface area contributed by atoms with Crippen molar-refractivity contribution >= 4 is 15.9 Å². The lowest BCUT2D eigenvalue weighted by Gasteiger charge is -2.31. The lowest BCUT2D eigenvalue weighted by atomic mass is 9.99. The summed E-state index contributed by atoms with van der Waals surface area (Å²) in [7, 11) is -1.00. The zero-order valence-corrected chi connectivity index (χ0v) is 17.7. The van der Waals surface area contributed by atoms with Gasteiger partial charge < -0.3 is 14.8 Å².